The molecule has 1 aliphatic rings. The van der Waals surface area contributed by atoms with Crippen molar-refractivity contribution in [1.82, 2.24) is 0 Å². The van der Waals surface area contributed by atoms with Gasteiger partial charge in [-0.1, -0.05) is 0 Å². The lowest BCUT2D eigenvalue weighted by Crippen LogP contribution is -2.35. The molecule has 9 heavy (non-hydrogen) atoms. The van der Waals surface area contributed by atoms with Crippen LogP contribution in [0, 0.1) is 0 Å². The monoisotopic (exact) mass is 131 g/mol. The predicted molar refractivity (Wildman–Crippen MR) is 34.0 cm³/mol. The first kappa shape index (κ1) is 6.99. The minimum absolute atomic E-state index is 0.0278. The molecule has 0 saturated heterocycles. The third-order valence-electron chi connectivity index (χ3n) is 1.91. The molecule has 0 aromatic carbocycles. The van der Waals surface area contributed by atoms with Crippen molar-refractivity contribution < 1.29 is 9.84 Å². The Morgan fingerprint density at radius 1 is 1.56 bits per heavy atom. The van der Waals surface area contributed by atoms with Gasteiger partial charge in [0.2, 0.25) is 0 Å². The Kier molecular flexibility index (Phi) is 2.05. The van der Waals surface area contributed by atoms with Crippen molar-refractivity contribution in [2.24, 2.45) is 5.73 Å². The molecule has 0 aromatic rings. The zero-order valence-electron chi connectivity index (χ0n) is 5.58. The van der Waals surface area contributed by atoms with Crippen LogP contribution in [0.15, 0.2) is 0 Å². The van der Waals surface area contributed by atoms with Crippen molar-refractivity contribution in [3.63, 3.8) is 0 Å². The predicted octanol–water partition coefficient (Wildman–Crippen LogP) is -0.517. The van der Waals surface area contributed by atoms with E-state index in [1.54, 1.807) is 7.11 Å². The van der Waals surface area contributed by atoms with Crippen LogP contribution in [0.25, 0.3) is 0 Å². The lowest BCUT2D eigenvalue weighted by molar-refractivity contribution is 0.00428. The van der Waals surface area contributed by atoms with Gasteiger partial charge in [0.05, 0.1) is 12.2 Å². The summed E-state index contributed by atoms with van der Waals surface area (Å²) in [7, 11) is 1.60. The van der Waals surface area contributed by atoms with Crippen LogP contribution in [0.1, 0.15) is 12.8 Å². The van der Waals surface area contributed by atoms with Crippen LogP contribution in [0.4, 0.5) is 0 Å². The van der Waals surface area contributed by atoms with Gasteiger partial charge in [0, 0.05) is 13.2 Å². The van der Waals surface area contributed by atoms with E-state index in [0.29, 0.717) is 0 Å². The van der Waals surface area contributed by atoms with E-state index in [1.165, 1.54) is 0 Å². The van der Waals surface area contributed by atoms with E-state index < -0.39 is 6.10 Å². The molecule has 1 fully saturated rings. The molecule has 0 spiro atoms. The molecule has 0 aliphatic heterocycles. The molecule has 0 heterocycles. The van der Waals surface area contributed by atoms with Gasteiger partial charge < -0.3 is 15.6 Å². The highest BCUT2D eigenvalue weighted by Crippen LogP contribution is 2.19. The van der Waals surface area contributed by atoms with E-state index in [-0.39, 0.29) is 12.1 Å². The Morgan fingerprint density at radius 2 is 2.22 bits per heavy atom. The first-order chi connectivity index (χ1) is 4.25. The van der Waals surface area contributed by atoms with Gasteiger partial charge in [-0.15, -0.1) is 0 Å². The fourth-order valence-electron chi connectivity index (χ4n) is 1.23. The highest BCUT2D eigenvalue weighted by molar-refractivity contribution is 4.87. The molecular formula is C6H13NO2. The van der Waals surface area contributed by atoms with Crippen LogP contribution >= 0.6 is 0 Å². The van der Waals surface area contributed by atoms with E-state index in [1.807, 2.05) is 0 Å². The summed E-state index contributed by atoms with van der Waals surface area (Å²) in [5.41, 5.74) is 5.51. The lowest BCUT2D eigenvalue weighted by atomic mass is 10.2. The second-order valence-corrected chi connectivity index (χ2v) is 2.51. The summed E-state index contributed by atoms with van der Waals surface area (Å²) in [5, 5.41) is 9.21. The molecule has 3 atom stereocenters. The smallest absolute Gasteiger partial charge is 0.0952 e. The van der Waals surface area contributed by atoms with E-state index in [9.17, 15) is 5.11 Å². The molecule has 3 heteroatoms. The first-order valence-electron chi connectivity index (χ1n) is 3.22. The number of rotatable bonds is 1. The highest BCUT2D eigenvalue weighted by atomic mass is 16.5. The van der Waals surface area contributed by atoms with Crippen LogP contribution < -0.4 is 5.73 Å². The van der Waals surface area contributed by atoms with Gasteiger partial charge in [0.15, 0.2) is 0 Å². The van der Waals surface area contributed by atoms with E-state index in [4.69, 9.17) is 10.5 Å². The molecule has 0 amide bonds. The highest BCUT2D eigenvalue weighted by Gasteiger charge is 2.31. The number of hydrogen-bond donors (Lipinski definition) is 2. The standard InChI is InChI=1S/C6H13NO2/c1-9-5-3-2-4(7)6(5)8/h4-6,8H,2-3,7H2,1H3/t4-,5-,6+/m1/s1. The normalized spacial score (nSPS) is 43.7. The third-order valence-corrected chi connectivity index (χ3v) is 1.91. The van der Waals surface area contributed by atoms with Crippen molar-refractivity contribution in [3.8, 4) is 0 Å². The third kappa shape index (κ3) is 1.23. The van der Waals surface area contributed by atoms with Crippen LogP contribution in [-0.2, 0) is 4.74 Å². The molecule has 1 aliphatic carbocycles. The van der Waals surface area contributed by atoms with Gasteiger partial charge in [-0.2, -0.15) is 0 Å². The Labute approximate surface area is 54.8 Å². The molecule has 1 saturated carbocycles. The molecular weight excluding hydrogens is 118 g/mol. The van der Waals surface area contributed by atoms with E-state index in [2.05, 4.69) is 0 Å². The summed E-state index contributed by atoms with van der Waals surface area (Å²) in [6, 6.07) is -0.0741. The minimum Gasteiger partial charge on any atom is -0.389 e. The van der Waals surface area contributed by atoms with Gasteiger partial charge in [-0.25, -0.2) is 0 Å². The summed E-state index contributed by atoms with van der Waals surface area (Å²) < 4.78 is 4.96. The molecule has 0 radical (unpaired) electrons. The number of aliphatic hydroxyl groups excluding tert-OH is 1. The molecule has 0 bridgehead atoms. The van der Waals surface area contributed by atoms with Gasteiger partial charge in [0.1, 0.15) is 0 Å². The maximum atomic E-state index is 9.21. The zero-order valence-corrected chi connectivity index (χ0v) is 5.58. The Bertz CT molecular complexity index is 97.1. The van der Waals surface area contributed by atoms with Crippen molar-refractivity contribution >= 4 is 0 Å². The van der Waals surface area contributed by atoms with Crippen molar-refractivity contribution in [2.45, 2.75) is 31.1 Å². The largest absolute Gasteiger partial charge is 0.389 e. The van der Waals surface area contributed by atoms with E-state index >= 15 is 0 Å². The first-order valence-corrected chi connectivity index (χ1v) is 3.22. The maximum Gasteiger partial charge on any atom is 0.0952 e. The van der Waals surface area contributed by atoms with Crippen molar-refractivity contribution in [2.75, 3.05) is 7.11 Å². The van der Waals surface area contributed by atoms with Gasteiger partial charge in [-0.05, 0) is 12.8 Å². The number of ether oxygens (including phenoxy) is 1. The second kappa shape index (κ2) is 2.64. The maximum absolute atomic E-state index is 9.21. The average Bonchev–Trinajstić information content (AvgIpc) is 2.15. The van der Waals surface area contributed by atoms with Crippen LogP contribution in [-0.4, -0.2) is 30.5 Å². The summed E-state index contributed by atoms with van der Waals surface area (Å²) in [6.45, 7) is 0. The molecule has 3 N–H and O–H groups in total. The van der Waals surface area contributed by atoms with Crippen LogP contribution in [0.5, 0.6) is 0 Å². The quantitative estimate of drug-likeness (QED) is 0.503. The summed E-state index contributed by atoms with van der Waals surface area (Å²) in [6.07, 6.45) is 1.29. The minimum atomic E-state index is -0.449. The Hall–Kier alpha value is -0.120. The Morgan fingerprint density at radius 3 is 2.44 bits per heavy atom. The summed E-state index contributed by atoms with van der Waals surface area (Å²) >= 11 is 0. The van der Waals surface area contributed by atoms with Gasteiger partial charge >= 0.3 is 0 Å². The number of hydrogen-bond acceptors (Lipinski definition) is 3. The zero-order chi connectivity index (χ0) is 6.85. The average molecular weight is 131 g/mol. The Balaban J connectivity index is 2.41. The summed E-state index contributed by atoms with van der Waals surface area (Å²) in [4.78, 5) is 0. The molecule has 0 aromatic heterocycles. The molecule has 54 valence electrons. The van der Waals surface area contributed by atoms with Crippen LogP contribution in [0.3, 0.4) is 0 Å². The fourth-order valence-corrected chi connectivity index (χ4v) is 1.23. The van der Waals surface area contributed by atoms with Crippen LogP contribution in [0.2, 0.25) is 0 Å². The number of methoxy groups -OCH3 is 1. The number of aliphatic hydroxyl groups is 1. The van der Waals surface area contributed by atoms with E-state index in [0.717, 1.165) is 12.8 Å². The van der Waals surface area contributed by atoms with Gasteiger partial charge in [-0.3, -0.25) is 0 Å². The fraction of sp³-hybridized carbons (Fsp3) is 1.00. The lowest BCUT2D eigenvalue weighted by Gasteiger charge is -2.14. The van der Waals surface area contributed by atoms with Crippen molar-refractivity contribution in [3.05, 3.63) is 0 Å². The number of nitrogens with two attached hydrogens (primary N) is 1. The summed E-state index contributed by atoms with van der Waals surface area (Å²) in [5.74, 6) is 0. The second-order valence-electron chi connectivity index (χ2n) is 2.51. The molecule has 0 unspecified atom stereocenters. The topological polar surface area (TPSA) is 55.5 Å². The SMILES string of the molecule is CO[C@@H]1CC[C@@H](N)[C@@H]1O. The molecule has 1 rings (SSSR count). The molecule has 3 nitrogen and oxygen atoms in total. The van der Waals surface area contributed by atoms with Gasteiger partial charge in [0.25, 0.3) is 0 Å². The van der Waals surface area contributed by atoms with Crippen molar-refractivity contribution in [1.29, 1.82) is 0 Å².